The number of hydrogen-bond donors (Lipinski definition) is 2. The number of carbonyl (C=O) groups is 4. The predicted molar refractivity (Wildman–Crippen MR) is 134 cm³/mol. The van der Waals surface area contributed by atoms with Gasteiger partial charge in [-0.25, -0.2) is 19.4 Å². The first-order valence-electron chi connectivity index (χ1n) is 13.7. The molecule has 4 aliphatic heterocycles. The van der Waals surface area contributed by atoms with E-state index in [1.807, 2.05) is 20.8 Å². The molecule has 3 unspecified atom stereocenters. The topological polar surface area (TPSA) is 181 Å². The highest BCUT2D eigenvalue weighted by atomic mass is 16.8. The van der Waals surface area contributed by atoms with Gasteiger partial charge in [0.05, 0.1) is 40.4 Å². The second-order valence-electron chi connectivity index (χ2n) is 12.9. The van der Waals surface area contributed by atoms with E-state index >= 15 is 0 Å². The number of ether oxygens (including phenoxy) is 5. The Morgan fingerprint density at radius 1 is 1.02 bits per heavy atom. The lowest BCUT2D eigenvalue weighted by Gasteiger charge is -2.50. The molecule has 1 aromatic heterocycles. The fourth-order valence-corrected chi connectivity index (χ4v) is 8.53. The highest BCUT2D eigenvalue weighted by molar-refractivity contribution is 5.95. The molecule has 5 heterocycles. The summed E-state index contributed by atoms with van der Waals surface area (Å²) in [4.78, 5) is 63.1. The Morgan fingerprint density at radius 2 is 1.68 bits per heavy atom. The fourth-order valence-electron chi connectivity index (χ4n) is 8.53. The highest BCUT2D eigenvalue weighted by Gasteiger charge is 2.97. The standard InChI is InChI=1S/C28H34N2O11/c1-10-20(33)37-14(9-31)18(32)27-16-8-15(25(5,6)7)26(27)19(22(35)40-24(26)41-28(10,27)23(36)38-16)39-21(34)17-13(4)29-11(2)12(3)30-17/h10,14-16,18-19,24,31-32H,8-9H2,1-7H3/t10-,14-,15+,16?,18+,19+,24+,26?,27?,28-/m1/s1. The van der Waals surface area contributed by atoms with Gasteiger partial charge in [-0.1, -0.05) is 20.8 Å². The van der Waals surface area contributed by atoms with Gasteiger partial charge in [0.1, 0.15) is 12.2 Å². The third-order valence-electron chi connectivity index (χ3n) is 10.1. The summed E-state index contributed by atoms with van der Waals surface area (Å²) in [6.07, 6.45) is -7.35. The van der Waals surface area contributed by atoms with Gasteiger partial charge in [0.2, 0.25) is 12.4 Å². The summed E-state index contributed by atoms with van der Waals surface area (Å²) in [6, 6.07) is 0. The van der Waals surface area contributed by atoms with Crippen LogP contribution >= 0.6 is 0 Å². The largest absolute Gasteiger partial charge is 0.459 e. The van der Waals surface area contributed by atoms with Crippen LogP contribution < -0.4 is 0 Å². The average Bonchev–Trinajstić information content (AvgIpc) is 3.50. The molecular formula is C28H34N2O11. The molecule has 0 aromatic carbocycles. The SMILES string of the molecule is Cc1nc(C)c(C(=O)O[C@H]2C(=O)O[C@H]3O[C@]45C(=O)OC6C[C@@H](C(C)(C)C)C32C64[C@@H](O)[C@@H](CO)OC(=O)[C@H]5C)nc1C. The summed E-state index contributed by atoms with van der Waals surface area (Å²) in [5.74, 6) is -5.63. The second kappa shape index (κ2) is 8.45. The van der Waals surface area contributed by atoms with Gasteiger partial charge in [0.25, 0.3) is 0 Å². The highest BCUT2D eigenvalue weighted by Crippen LogP contribution is 2.81. The van der Waals surface area contributed by atoms with Crippen molar-refractivity contribution in [1.29, 1.82) is 0 Å². The zero-order valence-electron chi connectivity index (χ0n) is 23.9. The number of aliphatic hydroxyl groups is 2. The molecule has 4 saturated heterocycles. The molecule has 5 fully saturated rings. The van der Waals surface area contributed by atoms with E-state index in [1.165, 1.54) is 6.92 Å². The van der Waals surface area contributed by atoms with Gasteiger partial charge < -0.3 is 33.9 Å². The molecule has 0 radical (unpaired) electrons. The Kier molecular flexibility index (Phi) is 5.77. The molecule has 1 aliphatic carbocycles. The van der Waals surface area contributed by atoms with Crippen LogP contribution in [0.2, 0.25) is 0 Å². The Morgan fingerprint density at radius 3 is 2.32 bits per heavy atom. The summed E-state index contributed by atoms with van der Waals surface area (Å²) in [6.45, 7) is 11.4. The van der Waals surface area contributed by atoms with Crippen molar-refractivity contribution < 1.29 is 53.1 Å². The third kappa shape index (κ3) is 3.01. The maximum atomic E-state index is 13.8. The number of carbonyl (C=O) groups excluding carboxylic acids is 4. The summed E-state index contributed by atoms with van der Waals surface area (Å²) in [5.41, 5.74) is -5.10. The molecule has 2 N–H and O–H groups in total. The molecule has 2 spiro atoms. The number of aromatic nitrogens is 2. The van der Waals surface area contributed by atoms with Gasteiger partial charge in [-0.2, -0.15) is 0 Å². The Hall–Kier alpha value is -3.16. The monoisotopic (exact) mass is 574 g/mol. The first-order valence-corrected chi connectivity index (χ1v) is 13.7. The van der Waals surface area contributed by atoms with E-state index in [9.17, 15) is 29.4 Å². The minimum Gasteiger partial charge on any atom is -0.459 e. The molecule has 0 bridgehead atoms. The summed E-state index contributed by atoms with van der Waals surface area (Å²) in [5, 5.41) is 22.4. The molecule has 222 valence electrons. The van der Waals surface area contributed by atoms with E-state index in [0.29, 0.717) is 11.4 Å². The first kappa shape index (κ1) is 28.0. The van der Waals surface area contributed by atoms with Gasteiger partial charge in [-0.3, -0.25) is 9.78 Å². The second-order valence-corrected chi connectivity index (χ2v) is 12.9. The molecule has 13 nitrogen and oxygen atoms in total. The van der Waals surface area contributed by atoms with Gasteiger partial charge in [-0.15, -0.1) is 0 Å². The van der Waals surface area contributed by atoms with E-state index in [1.54, 1.807) is 20.8 Å². The van der Waals surface area contributed by atoms with Crippen LogP contribution in [0.4, 0.5) is 0 Å². The average molecular weight is 575 g/mol. The van der Waals surface area contributed by atoms with Crippen molar-refractivity contribution in [2.45, 2.75) is 91.2 Å². The summed E-state index contributed by atoms with van der Waals surface area (Å²) in [7, 11) is 0. The van der Waals surface area contributed by atoms with Crippen molar-refractivity contribution in [2.75, 3.05) is 6.61 Å². The van der Waals surface area contributed by atoms with Crippen molar-refractivity contribution >= 4 is 23.9 Å². The number of hydrogen-bond acceptors (Lipinski definition) is 13. The number of nitrogens with zero attached hydrogens (tertiary/aromatic N) is 2. The lowest BCUT2D eigenvalue weighted by Crippen LogP contribution is -2.68. The number of aryl methyl sites for hydroxylation is 3. The maximum absolute atomic E-state index is 13.8. The van der Waals surface area contributed by atoms with E-state index in [-0.39, 0.29) is 17.8 Å². The lowest BCUT2D eigenvalue weighted by atomic mass is 9.48. The first-order chi connectivity index (χ1) is 19.1. The van der Waals surface area contributed by atoms with Crippen LogP contribution in [0.25, 0.3) is 0 Å². The Balaban J connectivity index is 1.61. The lowest BCUT2D eigenvalue weighted by molar-refractivity contribution is -0.207. The van der Waals surface area contributed by atoms with Gasteiger partial charge in [0, 0.05) is 0 Å². The smallest absolute Gasteiger partial charge is 0.359 e. The number of esters is 4. The minimum absolute atomic E-state index is 0.106. The summed E-state index contributed by atoms with van der Waals surface area (Å²) < 4.78 is 29.4. The van der Waals surface area contributed by atoms with Gasteiger partial charge in [-0.05, 0) is 45.4 Å². The predicted octanol–water partition coefficient (Wildman–Crippen LogP) is 0.458. The van der Waals surface area contributed by atoms with Crippen molar-refractivity contribution in [2.24, 2.45) is 28.1 Å². The fraction of sp³-hybridized carbons (Fsp3) is 0.714. The quantitative estimate of drug-likeness (QED) is 0.376. The molecule has 6 rings (SSSR count). The third-order valence-corrected chi connectivity index (χ3v) is 10.1. The maximum Gasteiger partial charge on any atom is 0.359 e. The van der Waals surface area contributed by atoms with Gasteiger partial charge in [0.15, 0.2) is 17.4 Å². The normalized spacial score (nSPS) is 42.6. The van der Waals surface area contributed by atoms with Crippen LogP contribution in [0, 0.1) is 48.9 Å². The van der Waals surface area contributed by atoms with E-state index in [0.717, 1.165) is 0 Å². The van der Waals surface area contributed by atoms with Crippen molar-refractivity contribution in [3.63, 3.8) is 0 Å². The van der Waals surface area contributed by atoms with Crippen LogP contribution in [0.3, 0.4) is 0 Å². The Bertz CT molecular complexity index is 1390. The van der Waals surface area contributed by atoms with Crippen LogP contribution in [0.1, 0.15) is 61.7 Å². The van der Waals surface area contributed by atoms with E-state index in [2.05, 4.69) is 9.97 Å². The molecule has 13 heteroatoms. The molecule has 5 aliphatic rings. The van der Waals surface area contributed by atoms with Crippen LogP contribution in [0.15, 0.2) is 0 Å². The van der Waals surface area contributed by atoms with Crippen LogP contribution in [-0.4, -0.2) is 87.0 Å². The van der Waals surface area contributed by atoms with Crippen molar-refractivity contribution in [3.05, 3.63) is 22.8 Å². The van der Waals surface area contributed by atoms with Gasteiger partial charge >= 0.3 is 23.9 Å². The number of aliphatic hydroxyl groups excluding tert-OH is 2. The van der Waals surface area contributed by atoms with E-state index in [4.69, 9.17) is 23.7 Å². The molecular weight excluding hydrogens is 540 g/mol. The summed E-state index contributed by atoms with van der Waals surface area (Å²) >= 11 is 0. The van der Waals surface area contributed by atoms with Crippen molar-refractivity contribution in [1.82, 2.24) is 9.97 Å². The van der Waals surface area contributed by atoms with E-state index < -0.39 is 94.9 Å². The molecule has 1 aromatic rings. The minimum atomic E-state index is -2.15. The molecule has 41 heavy (non-hydrogen) atoms. The molecule has 10 atom stereocenters. The zero-order chi connectivity index (χ0) is 30.0. The molecule has 1 saturated carbocycles. The van der Waals surface area contributed by atoms with Crippen LogP contribution in [0.5, 0.6) is 0 Å². The number of cyclic esters (lactones) is 1. The zero-order valence-corrected chi connectivity index (χ0v) is 23.9. The molecule has 0 amide bonds. The Labute approximate surface area is 235 Å². The van der Waals surface area contributed by atoms with Crippen molar-refractivity contribution in [3.8, 4) is 0 Å². The number of rotatable bonds is 3. The van der Waals surface area contributed by atoms with Crippen LogP contribution in [-0.2, 0) is 38.1 Å².